The van der Waals surface area contributed by atoms with Crippen molar-refractivity contribution in [3.63, 3.8) is 0 Å². The predicted molar refractivity (Wildman–Crippen MR) is 89.7 cm³/mol. The van der Waals surface area contributed by atoms with Crippen LogP contribution in [0.3, 0.4) is 0 Å². The average Bonchev–Trinajstić information content (AvgIpc) is 2.41. The summed E-state index contributed by atoms with van der Waals surface area (Å²) in [7, 11) is -1.72. The van der Waals surface area contributed by atoms with E-state index in [1.165, 1.54) is 0 Å². The summed E-state index contributed by atoms with van der Waals surface area (Å²) in [5.41, 5.74) is 1.41. The van der Waals surface area contributed by atoms with Crippen LogP contribution in [0, 0.1) is 11.3 Å². The lowest BCUT2D eigenvalue weighted by molar-refractivity contribution is -0.289. The summed E-state index contributed by atoms with van der Waals surface area (Å²) in [6.07, 6.45) is 1.99. The van der Waals surface area contributed by atoms with Crippen molar-refractivity contribution < 1.29 is 9.16 Å². The predicted octanol–water partition coefficient (Wildman–Crippen LogP) is 4.32. The van der Waals surface area contributed by atoms with E-state index in [0.717, 1.165) is 5.56 Å². The zero-order valence-corrected chi connectivity index (χ0v) is 15.4. The molecule has 0 unspecified atom stereocenters. The number of hydrogen-bond donors (Lipinski definition) is 0. The quantitative estimate of drug-likeness (QED) is 0.612. The molecule has 1 aliphatic heterocycles. The van der Waals surface area contributed by atoms with Gasteiger partial charge in [-0.15, -0.1) is 11.8 Å². The van der Waals surface area contributed by atoms with Crippen molar-refractivity contribution in [3.8, 4) is 6.07 Å². The van der Waals surface area contributed by atoms with Gasteiger partial charge in [-0.05, 0) is 57.4 Å². The summed E-state index contributed by atoms with van der Waals surface area (Å²) in [6.45, 7) is 10.8. The molecule has 0 N–H and O–H groups in total. The number of benzene rings is 1. The summed E-state index contributed by atoms with van der Waals surface area (Å²) in [6, 6.07) is 9.76. The van der Waals surface area contributed by atoms with Crippen molar-refractivity contribution in [2.75, 3.05) is 6.26 Å². The zero-order valence-electron chi connectivity index (χ0n) is 13.6. The standard InChI is InChI=1S/C16H23NO2SSi/c1-15(2)16(20-3,19-21(4,5)6)14(18-15)13-9-7-12(11-17)8-10-13/h7-10,14H,1-6H3/t14-,16-/m1/s1. The highest BCUT2D eigenvalue weighted by Gasteiger charge is 2.65. The van der Waals surface area contributed by atoms with Crippen LogP contribution < -0.4 is 0 Å². The SMILES string of the molecule is CS[C@]1(O[Si](C)(C)C)[C@@H](c2ccc(C#N)cc2)OC1(C)C. The number of thioether (sulfide) groups is 1. The third kappa shape index (κ3) is 2.91. The topological polar surface area (TPSA) is 42.2 Å². The molecule has 0 radical (unpaired) electrons. The van der Waals surface area contributed by atoms with E-state index in [2.05, 4.69) is 45.8 Å². The first-order valence-electron chi connectivity index (χ1n) is 7.08. The Hall–Kier alpha value is -0.803. The van der Waals surface area contributed by atoms with Crippen LogP contribution in [0.25, 0.3) is 0 Å². The fourth-order valence-electron chi connectivity index (χ4n) is 2.76. The highest BCUT2D eigenvalue weighted by Crippen LogP contribution is 2.60. The fraction of sp³-hybridized carbons (Fsp3) is 0.562. The monoisotopic (exact) mass is 321 g/mol. The minimum atomic E-state index is -1.72. The number of rotatable bonds is 4. The number of nitrogens with zero attached hydrogens (tertiary/aromatic N) is 1. The molecule has 0 saturated carbocycles. The molecule has 0 amide bonds. The molecule has 2 rings (SSSR count). The molecule has 0 aromatic heterocycles. The van der Waals surface area contributed by atoms with Crippen molar-refractivity contribution in [3.05, 3.63) is 35.4 Å². The fourth-order valence-corrected chi connectivity index (χ4v) is 6.04. The van der Waals surface area contributed by atoms with E-state index in [9.17, 15) is 0 Å². The molecule has 3 nitrogen and oxygen atoms in total. The van der Waals surface area contributed by atoms with Gasteiger partial charge in [-0.1, -0.05) is 12.1 Å². The third-order valence-corrected chi connectivity index (χ3v) is 6.18. The molecule has 1 aromatic rings. The largest absolute Gasteiger partial charge is 0.399 e. The summed E-state index contributed by atoms with van der Waals surface area (Å²) < 4.78 is 12.7. The Bertz CT molecular complexity index is 559. The Balaban J connectivity index is 2.37. The minimum Gasteiger partial charge on any atom is -0.399 e. The Kier molecular flexibility index (Phi) is 4.29. The molecular formula is C16H23NO2SSi. The number of hydrogen-bond acceptors (Lipinski definition) is 4. The molecule has 114 valence electrons. The minimum absolute atomic E-state index is 0.0954. The van der Waals surface area contributed by atoms with Gasteiger partial charge in [-0.25, -0.2) is 0 Å². The summed E-state index contributed by atoms with van der Waals surface area (Å²) >= 11 is 1.73. The highest BCUT2D eigenvalue weighted by molar-refractivity contribution is 8.00. The van der Waals surface area contributed by atoms with Crippen molar-refractivity contribution in [2.45, 2.75) is 50.1 Å². The summed E-state index contributed by atoms with van der Waals surface area (Å²) in [5.74, 6) is 0. The van der Waals surface area contributed by atoms with Crippen LogP contribution >= 0.6 is 11.8 Å². The summed E-state index contributed by atoms with van der Waals surface area (Å²) in [4.78, 5) is -0.369. The molecule has 1 fully saturated rings. The summed E-state index contributed by atoms with van der Waals surface area (Å²) in [5, 5.41) is 8.92. The zero-order chi connectivity index (χ0) is 15.9. The molecule has 0 spiro atoms. The lowest BCUT2D eigenvalue weighted by Crippen LogP contribution is -2.68. The second-order valence-corrected chi connectivity index (χ2v) is 12.3. The van der Waals surface area contributed by atoms with E-state index in [1.54, 1.807) is 11.8 Å². The maximum atomic E-state index is 8.92. The van der Waals surface area contributed by atoms with Crippen LogP contribution in [0.1, 0.15) is 31.1 Å². The van der Waals surface area contributed by atoms with Gasteiger partial charge in [0.2, 0.25) is 0 Å². The van der Waals surface area contributed by atoms with Gasteiger partial charge in [0, 0.05) is 0 Å². The second-order valence-electron chi connectivity index (χ2n) is 6.83. The molecule has 1 saturated heterocycles. The van der Waals surface area contributed by atoms with E-state index >= 15 is 0 Å². The maximum Gasteiger partial charge on any atom is 0.185 e. The first-order chi connectivity index (χ1) is 9.65. The first kappa shape index (κ1) is 16.6. The van der Waals surface area contributed by atoms with Crippen LogP contribution in [-0.4, -0.2) is 25.1 Å². The molecule has 1 heterocycles. The molecule has 0 aliphatic carbocycles. The van der Waals surface area contributed by atoms with Gasteiger partial charge in [-0.3, -0.25) is 0 Å². The van der Waals surface area contributed by atoms with Gasteiger partial charge in [0.25, 0.3) is 0 Å². The number of ether oxygens (including phenoxy) is 1. The van der Waals surface area contributed by atoms with Crippen molar-refractivity contribution in [1.82, 2.24) is 0 Å². The van der Waals surface area contributed by atoms with Crippen molar-refractivity contribution in [2.24, 2.45) is 0 Å². The van der Waals surface area contributed by atoms with E-state index in [4.69, 9.17) is 14.4 Å². The van der Waals surface area contributed by atoms with Crippen LogP contribution in [0.4, 0.5) is 0 Å². The molecule has 1 aromatic carbocycles. The maximum absolute atomic E-state index is 8.92. The Morgan fingerprint density at radius 2 is 1.81 bits per heavy atom. The highest BCUT2D eigenvalue weighted by atomic mass is 32.2. The van der Waals surface area contributed by atoms with Crippen LogP contribution in [-0.2, 0) is 9.16 Å². The molecule has 1 aliphatic rings. The van der Waals surface area contributed by atoms with Gasteiger partial charge >= 0.3 is 0 Å². The van der Waals surface area contributed by atoms with Gasteiger partial charge in [0.15, 0.2) is 13.3 Å². The molecular weight excluding hydrogens is 298 g/mol. The molecule has 2 atom stereocenters. The van der Waals surface area contributed by atoms with Gasteiger partial charge < -0.3 is 9.16 Å². The van der Waals surface area contributed by atoms with Crippen LogP contribution in [0.5, 0.6) is 0 Å². The van der Waals surface area contributed by atoms with Crippen molar-refractivity contribution >= 4 is 20.1 Å². The van der Waals surface area contributed by atoms with Gasteiger partial charge in [-0.2, -0.15) is 5.26 Å². The Labute approximate surface area is 132 Å². The van der Waals surface area contributed by atoms with E-state index < -0.39 is 8.32 Å². The van der Waals surface area contributed by atoms with Crippen molar-refractivity contribution in [1.29, 1.82) is 5.26 Å². The van der Waals surface area contributed by atoms with Gasteiger partial charge in [0.1, 0.15) is 11.7 Å². The Morgan fingerprint density at radius 3 is 2.19 bits per heavy atom. The average molecular weight is 322 g/mol. The van der Waals surface area contributed by atoms with Crippen LogP contribution in [0.2, 0.25) is 19.6 Å². The molecule has 21 heavy (non-hydrogen) atoms. The molecule has 0 bridgehead atoms. The number of nitriles is 1. The van der Waals surface area contributed by atoms with Crippen LogP contribution in [0.15, 0.2) is 24.3 Å². The van der Waals surface area contributed by atoms with E-state index in [-0.39, 0.29) is 16.6 Å². The van der Waals surface area contributed by atoms with E-state index in [0.29, 0.717) is 5.56 Å². The van der Waals surface area contributed by atoms with E-state index in [1.807, 2.05) is 24.3 Å². The first-order valence-corrected chi connectivity index (χ1v) is 11.7. The Morgan fingerprint density at radius 1 is 1.24 bits per heavy atom. The molecule has 5 heteroatoms. The smallest absolute Gasteiger partial charge is 0.185 e. The lowest BCUT2D eigenvalue weighted by atomic mass is 9.84. The second kappa shape index (κ2) is 5.44. The van der Waals surface area contributed by atoms with Gasteiger partial charge in [0.05, 0.1) is 11.6 Å². The lowest BCUT2D eigenvalue weighted by Gasteiger charge is -2.61. The third-order valence-electron chi connectivity index (χ3n) is 3.70. The normalized spacial score (nSPS) is 27.8.